The number of aromatic amines is 2. The number of fused-ring (bicyclic) bond motifs is 1. The predicted molar refractivity (Wildman–Crippen MR) is 110 cm³/mol. The molecular weight excluding hydrogens is 370 g/mol. The van der Waals surface area contributed by atoms with Crippen LogP contribution in [0.25, 0.3) is 11.0 Å². The molecule has 0 fully saturated rings. The van der Waals surface area contributed by atoms with Crippen LogP contribution in [0.15, 0.2) is 65.8 Å². The van der Waals surface area contributed by atoms with Crippen molar-refractivity contribution >= 4 is 34.2 Å². The lowest BCUT2D eigenvalue weighted by atomic mass is 10.1. The van der Waals surface area contributed by atoms with E-state index in [9.17, 15) is 14.4 Å². The molecule has 0 bridgehead atoms. The Morgan fingerprint density at radius 2 is 1.66 bits per heavy atom. The van der Waals surface area contributed by atoms with Gasteiger partial charge in [0.25, 0.3) is 11.8 Å². The van der Waals surface area contributed by atoms with Crippen LogP contribution in [-0.4, -0.2) is 26.8 Å². The van der Waals surface area contributed by atoms with Gasteiger partial charge < -0.3 is 20.6 Å². The fourth-order valence-corrected chi connectivity index (χ4v) is 3.04. The molecule has 0 saturated heterocycles. The number of hydrogen-bond acceptors (Lipinski definition) is 4. The lowest BCUT2D eigenvalue weighted by molar-refractivity contribution is 0.101. The summed E-state index contributed by atoms with van der Waals surface area (Å²) < 4.78 is 0. The number of amides is 2. The number of nitrogens with zero attached hydrogens (tertiary/aromatic N) is 1. The molecule has 144 valence electrons. The molecule has 0 atom stereocenters. The summed E-state index contributed by atoms with van der Waals surface area (Å²) in [6, 6.07) is 11.6. The summed E-state index contributed by atoms with van der Waals surface area (Å²) in [5, 5.41) is 5.60. The van der Waals surface area contributed by atoms with E-state index in [1.165, 1.54) is 12.3 Å². The highest BCUT2D eigenvalue weighted by atomic mass is 16.2. The number of carbonyl (C=O) groups is 2. The first-order valence-electron chi connectivity index (χ1n) is 8.85. The van der Waals surface area contributed by atoms with Crippen molar-refractivity contribution in [2.45, 2.75) is 6.92 Å². The summed E-state index contributed by atoms with van der Waals surface area (Å²) in [4.78, 5) is 46.2. The molecule has 0 aliphatic carbocycles. The number of nitrogens with one attached hydrogen (secondary N) is 4. The summed E-state index contributed by atoms with van der Waals surface area (Å²) >= 11 is 0. The van der Waals surface area contributed by atoms with E-state index in [0.29, 0.717) is 39.1 Å². The zero-order valence-corrected chi connectivity index (χ0v) is 15.4. The summed E-state index contributed by atoms with van der Waals surface area (Å²) in [7, 11) is 0. The second-order valence-electron chi connectivity index (χ2n) is 6.48. The minimum Gasteiger partial charge on any atom is -0.359 e. The van der Waals surface area contributed by atoms with E-state index in [4.69, 9.17) is 0 Å². The SMILES string of the molecule is Cc1cc(=O)[nH]cc1C(=O)Nc1cccc(NC(=O)c2ccnc3cc[nH]c23)c1. The van der Waals surface area contributed by atoms with Crippen LogP contribution in [0.3, 0.4) is 0 Å². The van der Waals surface area contributed by atoms with E-state index in [0.717, 1.165) is 0 Å². The van der Waals surface area contributed by atoms with Gasteiger partial charge in [0.15, 0.2) is 0 Å². The fourth-order valence-electron chi connectivity index (χ4n) is 3.04. The van der Waals surface area contributed by atoms with E-state index in [2.05, 4.69) is 25.6 Å². The van der Waals surface area contributed by atoms with E-state index in [1.54, 1.807) is 55.7 Å². The molecule has 0 spiro atoms. The maximum absolute atomic E-state index is 12.7. The Bertz CT molecular complexity index is 1290. The zero-order chi connectivity index (χ0) is 20.4. The molecule has 1 aromatic carbocycles. The molecule has 8 nitrogen and oxygen atoms in total. The quantitative estimate of drug-likeness (QED) is 0.430. The number of benzene rings is 1. The molecule has 0 radical (unpaired) electrons. The number of pyridine rings is 2. The van der Waals surface area contributed by atoms with Crippen molar-refractivity contribution in [3.05, 3.63) is 88.1 Å². The van der Waals surface area contributed by atoms with Gasteiger partial charge in [-0.25, -0.2) is 0 Å². The largest absolute Gasteiger partial charge is 0.359 e. The summed E-state index contributed by atoms with van der Waals surface area (Å²) in [6.07, 6.45) is 4.68. The highest BCUT2D eigenvalue weighted by Crippen LogP contribution is 2.20. The monoisotopic (exact) mass is 387 g/mol. The van der Waals surface area contributed by atoms with Gasteiger partial charge in [0.05, 0.1) is 22.2 Å². The van der Waals surface area contributed by atoms with Crippen molar-refractivity contribution in [1.29, 1.82) is 0 Å². The summed E-state index contributed by atoms with van der Waals surface area (Å²) in [5.41, 5.74) is 3.54. The maximum Gasteiger partial charge on any atom is 0.257 e. The Morgan fingerprint density at radius 3 is 2.38 bits per heavy atom. The van der Waals surface area contributed by atoms with Crippen molar-refractivity contribution in [3.63, 3.8) is 0 Å². The number of rotatable bonds is 4. The first kappa shape index (κ1) is 18.2. The Balaban J connectivity index is 1.53. The predicted octanol–water partition coefficient (Wildman–Crippen LogP) is 3.06. The third-order valence-corrected chi connectivity index (χ3v) is 4.45. The molecule has 4 aromatic rings. The van der Waals surface area contributed by atoms with E-state index < -0.39 is 0 Å². The van der Waals surface area contributed by atoms with Gasteiger partial charge in [0, 0.05) is 36.0 Å². The molecule has 0 saturated carbocycles. The molecule has 2 amide bonds. The molecule has 4 N–H and O–H groups in total. The number of H-pyrrole nitrogens is 2. The van der Waals surface area contributed by atoms with Crippen molar-refractivity contribution < 1.29 is 9.59 Å². The van der Waals surface area contributed by atoms with E-state index in [-0.39, 0.29) is 17.4 Å². The maximum atomic E-state index is 12.7. The molecule has 0 unspecified atom stereocenters. The highest BCUT2D eigenvalue weighted by Gasteiger charge is 2.13. The van der Waals surface area contributed by atoms with Gasteiger partial charge in [0.2, 0.25) is 5.56 Å². The standard InChI is InChI=1S/C21H17N5O3/c1-12-9-18(27)24-11-16(12)21(29)26-14-4-2-3-13(10-14)25-20(28)15-5-7-22-17-6-8-23-19(15)17/h2-11,23H,1H3,(H,24,27)(H,25,28)(H,26,29). The molecule has 8 heteroatoms. The lowest BCUT2D eigenvalue weighted by Crippen LogP contribution is -2.17. The van der Waals surface area contributed by atoms with Crippen LogP contribution in [0.5, 0.6) is 0 Å². The summed E-state index contributed by atoms with van der Waals surface area (Å²) in [5.74, 6) is -0.649. The normalized spacial score (nSPS) is 10.7. The number of aromatic nitrogens is 3. The molecule has 0 aliphatic rings. The topological polar surface area (TPSA) is 120 Å². The van der Waals surface area contributed by atoms with Gasteiger partial charge in [-0.2, -0.15) is 0 Å². The third-order valence-electron chi connectivity index (χ3n) is 4.45. The van der Waals surface area contributed by atoms with Crippen molar-refractivity contribution in [2.75, 3.05) is 10.6 Å². The van der Waals surface area contributed by atoms with Gasteiger partial charge in [-0.05, 0) is 42.8 Å². The fraction of sp³-hybridized carbons (Fsp3) is 0.0476. The molecule has 3 aromatic heterocycles. The Labute approximate surface area is 165 Å². The number of carbonyl (C=O) groups excluding carboxylic acids is 2. The highest BCUT2D eigenvalue weighted by molar-refractivity contribution is 6.11. The van der Waals surface area contributed by atoms with Crippen LogP contribution in [0, 0.1) is 6.92 Å². The third kappa shape index (κ3) is 3.77. The van der Waals surface area contributed by atoms with Crippen LogP contribution >= 0.6 is 0 Å². The van der Waals surface area contributed by atoms with Crippen LogP contribution < -0.4 is 16.2 Å². The Hall–Kier alpha value is -4.20. The second kappa shape index (κ2) is 7.43. The number of anilines is 2. The number of aryl methyl sites for hydroxylation is 1. The van der Waals surface area contributed by atoms with Crippen LogP contribution in [0.4, 0.5) is 11.4 Å². The molecule has 0 aliphatic heterocycles. The van der Waals surface area contributed by atoms with E-state index >= 15 is 0 Å². The number of hydrogen-bond donors (Lipinski definition) is 4. The van der Waals surface area contributed by atoms with Gasteiger partial charge >= 0.3 is 0 Å². The first-order valence-corrected chi connectivity index (χ1v) is 8.85. The first-order chi connectivity index (χ1) is 14.0. The van der Waals surface area contributed by atoms with Crippen LogP contribution in [0.1, 0.15) is 26.3 Å². The molecule has 4 rings (SSSR count). The van der Waals surface area contributed by atoms with Gasteiger partial charge in [0.1, 0.15) is 0 Å². The van der Waals surface area contributed by atoms with Gasteiger partial charge in [-0.15, -0.1) is 0 Å². The van der Waals surface area contributed by atoms with E-state index in [1.807, 2.05) is 0 Å². The zero-order valence-electron chi connectivity index (χ0n) is 15.4. The molecule has 3 heterocycles. The average Bonchev–Trinajstić information content (AvgIpc) is 3.17. The smallest absolute Gasteiger partial charge is 0.257 e. The van der Waals surface area contributed by atoms with Crippen molar-refractivity contribution in [2.24, 2.45) is 0 Å². The summed E-state index contributed by atoms with van der Waals surface area (Å²) in [6.45, 7) is 1.69. The van der Waals surface area contributed by atoms with Crippen LogP contribution in [-0.2, 0) is 0 Å². The van der Waals surface area contributed by atoms with Crippen molar-refractivity contribution in [3.8, 4) is 0 Å². The molecule has 29 heavy (non-hydrogen) atoms. The van der Waals surface area contributed by atoms with Crippen LogP contribution in [0.2, 0.25) is 0 Å². The minimum atomic E-state index is -0.357. The minimum absolute atomic E-state index is 0.268. The van der Waals surface area contributed by atoms with Gasteiger partial charge in [-0.1, -0.05) is 6.07 Å². The van der Waals surface area contributed by atoms with Crippen molar-refractivity contribution in [1.82, 2.24) is 15.0 Å². The Kier molecular flexibility index (Phi) is 4.66. The lowest BCUT2D eigenvalue weighted by Gasteiger charge is -2.10. The second-order valence-corrected chi connectivity index (χ2v) is 6.48. The molecular formula is C21H17N5O3. The average molecular weight is 387 g/mol. The Morgan fingerprint density at radius 1 is 0.931 bits per heavy atom. The van der Waals surface area contributed by atoms with Gasteiger partial charge in [-0.3, -0.25) is 19.4 Å².